The molecular weight excluding hydrogens is 500 g/mol. The Morgan fingerprint density at radius 2 is 1.64 bits per heavy atom. The number of rotatable bonds is 11. The zero-order valence-electron chi connectivity index (χ0n) is 20.5. The Morgan fingerprint density at radius 3 is 2.25 bits per heavy atom. The molecule has 9 nitrogen and oxygen atoms in total. The van der Waals surface area contributed by atoms with Crippen molar-refractivity contribution in [2.75, 3.05) is 0 Å². The van der Waals surface area contributed by atoms with Gasteiger partial charge in [0.05, 0.1) is 28.0 Å². The third-order valence-corrected chi connectivity index (χ3v) is 6.63. The number of aliphatic hydroxyl groups excluding tert-OH is 1. The van der Waals surface area contributed by atoms with E-state index in [1.807, 2.05) is 30.3 Å². The number of ether oxygens (including phenoxy) is 2. The normalized spacial score (nSPS) is 13.9. The van der Waals surface area contributed by atoms with Crippen molar-refractivity contribution < 1.29 is 24.2 Å². The van der Waals surface area contributed by atoms with Gasteiger partial charge in [0.1, 0.15) is 12.2 Å². The molecule has 0 aliphatic heterocycles. The van der Waals surface area contributed by atoms with E-state index in [1.165, 1.54) is 22.7 Å². The predicted molar refractivity (Wildman–Crippen MR) is 139 cm³/mol. The van der Waals surface area contributed by atoms with Crippen molar-refractivity contribution in [2.45, 2.75) is 70.4 Å². The number of nitrogens with one attached hydrogen (secondary N) is 2. The quantitative estimate of drug-likeness (QED) is 0.336. The number of amides is 2. The summed E-state index contributed by atoms with van der Waals surface area (Å²) in [5.41, 5.74) is 3.66. The minimum atomic E-state index is -0.975. The molecule has 2 heterocycles. The van der Waals surface area contributed by atoms with Crippen LogP contribution in [0.1, 0.15) is 42.5 Å². The number of nitrogens with zero attached hydrogens (tertiary/aromatic N) is 2. The van der Waals surface area contributed by atoms with Gasteiger partial charge in [-0.15, -0.1) is 22.7 Å². The molecule has 0 saturated carbocycles. The molecule has 3 atom stereocenters. The zero-order valence-corrected chi connectivity index (χ0v) is 22.2. The lowest BCUT2D eigenvalue weighted by atomic mass is 9.95. The second-order valence-electron chi connectivity index (χ2n) is 9.30. The van der Waals surface area contributed by atoms with Crippen LogP contribution in [0.25, 0.3) is 0 Å². The van der Waals surface area contributed by atoms with Gasteiger partial charge in [-0.05, 0) is 39.2 Å². The molecule has 11 heteroatoms. The van der Waals surface area contributed by atoms with Crippen LogP contribution in [0.5, 0.6) is 0 Å². The van der Waals surface area contributed by atoms with E-state index in [0.717, 1.165) is 15.3 Å². The fraction of sp³-hybridized carbons (Fsp3) is 0.440. The van der Waals surface area contributed by atoms with Gasteiger partial charge in [-0.3, -0.25) is 9.97 Å². The molecule has 194 valence electrons. The van der Waals surface area contributed by atoms with Crippen LogP contribution in [0, 0.1) is 0 Å². The monoisotopic (exact) mass is 532 g/mol. The van der Waals surface area contributed by atoms with Gasteiger partial charge in [0.25, 0.3) is 0 Å². The second kappa shape index (κ2) is 13.3. The Balaban J connectivity index is 1.69. The van der Waals surface area contributed by atoms with Gasteiger partial charge in [-0.2, -0.15) is 0 Å². The van der Waals surface area contributed by atoms with E-state index < -0.39 is 36.0 Å². The molecule has 0 saturated heterocycles. The molecule has 0 radical (unpaired) electrons. The first-order valence-corrected chi connectivity index (χ1v) is 13.3. The van der Waals surface area contributed by atoms with E-state index in [-0.39, 0.29) is 13.0 Å². The molecular formula is C25H32N4O5S2. The smallest absolute Gasteiger partial charge is 0.407 e. The Labute approximate surface area is 218 Å². The van der Waals surface area contributed by atoms with Crippen LogP contribution in [0.15, 0.2) is 53.7 Å². The molecule has 3 aromatic rings. The average molecular weight is 533 g/mol. The van der Waals surface area contributed by atoms with Crippen molar-refractivity contribution >= 4 is 34.9 Å². The first-order chi connectivity index (χ1) is 17.2. The molecule has 3 N–H and O–H groups in total. The van der Waals surface area contributed by atoms with Crippen LogP contribution >= 0.6 is 22.7 Å². The SMILES string of the molecule is CC(C)(C)OC(=O)NC(Cc1ccccc1)C(O)CC(Cc1cncs1)NC(=O)OCc1cncs1. The van der Waals surface area contributed by atoms with Crippen LogP contribution in [-0.4, -0.2) is 51.0 Å². The predicted octanol–water partition coefficient (Wildman–Crippen LogP) is 4.32. The highest BCUT2D eigenvalue weighted by atomic mass is 32.1. The van der Waals surface area contributed by atoms with Crippen LogP contribution in [0.2, 0.25) is 0 Å². The van der Waals surface area contributed by atoms with Crippen molar-refractivity contribution in [3.63, 3.8) is 0 Å². The highest BCUT2D eigenvalue weighted by Crippen LogP contribution is 2.17. The van der Waals surface area contributed by atoms with Crippen LogP contribution < -0.4 is 10.6 Å². The van der Waals surface area contributed by atoms with Crippen molar-refractivity contribution in [1.29, 1.82) is 0 Å². The summed E-state index contributed by atoms with van der Waals surface area (Å²) in [7, 11) is 0. The molecule has 2 amide bonds. The number of hydrogen-bond acceptors (Lipinski definition) is 9. The van der Waals surface area contributed by atoms with Gasteiger partial charge in [-0.1, -0.05) is 30.3 Å². The zero-order chi connectivity index (χ0) is 26.0. The van der Waals surface area contributed by atoms with Gasteiger partial charge in [0, 0.05) is 29.7 Å². The third kappa shape index (κ3) is 9.92. The summed E-state index contributed by atoms with van der Waals surface area (Å²) >= 11 is 2.86. The molecule has 0 bridgehead atoms. The summed E-state index contributed by atoms with van der Waals surface area (Å²) in [5, 5.41) is 16.9. The number of benzene rings is 1. The van der Waals surface area contributed by atoms with Crippen LogP contribution in [-0.2, 0) is 28.9 Å². The van der Waals surface area contributed by atoms with E-state index in [4.69, 9.17) is 9.47 Å². The number of carbonyl (C=O) groups excluding carboxylic acids is 2. The van der Waals surface area contributed by atoms with Gasteiger partial charge >= 0.3 is 12.2 Å². The number of thiazole rings is 2. The Hall–Kier alpha value is -3.02. The summed E-state index contributed by atoms with van der Waals surface area (Å²) < 4.78 is 10.7. The van der Waals surface area contributed by atoms with E-state index in [9.17, 15) is 14.7 Å². The first kappa shape index (κ1) is 27.6. The van der Waals surface area contributed by atoms with E-state index >= 15 is 0 Å². The number of alkyl carbamates (subject to hydrolysis) is 2. The van der Waals surface area contributed by atoms with Gasteiger partial charge < -0.3 is 25.2 Å². The van der Waals surface area contributed by atoms with Gasteiger partial charge in [0.15, 0.2) is 0 Å². The highest BCUT2D eigenvalue weighted by Gasteiger charge is 2.28. The van der Waals surface area contributed by atoms with Crippen molar-refractivity contribution in [3.05, 3.63) is 69.1 Å². The molecule has 0 aliphatic rings. The average Bonchev–Trinajstić information content (AvgIpc) is 3.51. The molecule has 2 aromatic heterocycles. The van der Waals surface area contributed by atoms with Gasteiger partial charge in [0.2, 0.25) is 0 Å². The fourth-order valence-corrected chi connectivity index (χ4v) is 4.69. The minimum Gasteiger partial charge on any atom is -0.444 e. The first-order valence-electron chi connectivity index (χ1n) is 11.6. The second-order valence-corrected chi connectivity index (χ2v) is 11.2. The van der Waals surface area contributed by atoms with E-state index in [0.29, 0.717) is 12.8 Å². The van der Waals surface area contributed by atoms with Crippen LogP contribution in [0.4, 0.5) is 9.59 Å². The van der Waals surface area contributed by atoms with Crippen LogP contribution in [0.3, 0.4) is 0 Å². The largest absolute Gasteiger partial charge is 0.444 e. The Morgan fingerprint density at radius 1 is 0.972 bits per heavy atom. The molecule has 0 fully saturated rings. The standard InChI is InChI=1S/C25H32N4O5S2/c1-25(2,3)34-24(32)29-21(9-17-7-5-4-6-8-17)22(30)11-18(10-19-12-26-15-35-19)28-23(31)33-14-20-13-27-16-36-20/h4-8,12-13,15-16,18,21-22,30H,9-11,14H2,1-3H3,(H,28,31)(H,29,32). The van der Waals surface area contributed by atoms with Crippen molar-refractivity contribution in [2.24, 2.45) is 0 Å². The van der Waals surface area contributed by atoms with E-state index in [1.54, 1.807) is 44.2 Å². The highest BCUT2D eigenvalue weighted by molar-refractivity contribution is 7.09. The lowest BCUT2D eigenvalue weighted by Crippen LogP contribution is -2.49. The molecule has 3 unspecified atom stereocenters. The Kier molecular flexibility index (Phi) is 10.2. The fourth-order valence-electron chi connectivity index (χ4n) is 3.50. The van der Waals surface area contributed by atoms with Crippen molar-refractivity contribution in [1.82, 2.24) is 20.6 Å². The number of aromatic nitrogens is 2. The maximum atomic E-state index is 12.5. The summed E-state index contributed by atoms with van der Waals surface area (Å²) in [6.45, 7) is 5.45. The lowest BCUT2D eigenvalue weighted by molar-refractivity contribution is 0.0398. The minimum absolute atomic E-state index is 0.114. The van der Waals surface area contributed by atoms with Crippen molar-refractivity contribution in [3.8, 4) is 0 Å². The molecule has 0 aliphatic carbocycles. The maximum Gasteiger partial charge on any atom is 0.407 e. The van der Waals surface area contributed by atoms with E-state index in [2.05, 4.69) is 20.6 Å². The number of carbonyl (C=O) groups is 2. The van der Waals surface area contributed by atoms with Gasteiger partial charge in [-0.25, -0.2) is 9.59 Å². The number of hydrogen-bond donors (Lipinski definition) is 3. The number of aliphatic hydroxyl groups is 1. The lowest BCUT2D eigenvalue weighted by Gasteiger charge is -2.29. The summed E-state index contributed by atoms with van der Waals surface area (Å²) in [6.07, 6.45) is 2.23. The molecule has 3 rings (SSSR count). The topological polar surface area (TPSA) is 123 Å². The molecule has 36 heavy (non-hydrogen) atoms. The maximum absolute atomic E-state index is 12.5. The summed E-state index contributed by atoms with van der Waals surface area (Å²) in [4.78, 5) is 34.9. The third-order valence-electron chi connectivity index (χ3n) is 5.07. The molecule has 0 spiro atoms. The molecule has 1 aromatic carbocycles. The Bertz CT molecular complexity index is 1060. The summed E-state index contributed by atoms with van der Waals surface area (Å²) in [5.74, 6) is 0. The summed E-state index contributed by atoms with van der Waals surface area (Å²) in [6, 6.07) is 8.48.